The molecule has 0 atom stereocenters. The SMILES string of the molecule is Cc1nc(-c2ccc3c(c2)CN2CN3Cc3cc(Br)ccc32)n(-c2ccccc2)c1C. The standard InChI is InChI=1S/C26H23BrN4/c1-17-18(2)31(23-6-4-3-5-7-23)26(28-17)19-8-10-24-20(12-19)14-29-16-30(24)15-21-13-22(27)9-11-25(21)29/h3-13H,14-16H2,1-2H3. The summed E-state index contributed by atoms with van der Waals surface area (Å²) >= 11 is 3.62. The molecule has 3 heterocycles. The van der Waals surface area contributed by atoms with Crippen molar-refractivity contribution in [3.8, 4) is 17.1 Å². The van der Waals surface area contributed by atoms with Gasteiger partial charge in [-0.3, -0.25) is 4.57 Å². The van der Waals surface area contributed by atoms with E-state index in [4.69, 9.17) is 4.98 Å². The molecule has 0 aliphatic carbocycles. The zero-order valence-corrected chi connectivity index (χ0v) is 19.2. The Morgan fingerprint density at radius 1 is 0.806 bits per heavy atom. The number of anilines is 2. The van der Waals surface area contributed by atoms with E-state index in [9.17, 15) is 0 Å². The second kappa shape index (κ2) is 6.99. The van der Waals surface area contributed by atoms with E-state index in [-0.39, 0.29) is 0 Å². The normalized spacial score (nSPS) is 14.4. The quantitative estimate of drug-likeness (QED) is 0.347. The van der Waals surface area contributed by atoms with Crippen LogP contribution in [0.4, 0.5) is 11.4 Å². The highest BCUT2D eigenvalue weighted by molar-refractivity contribution is 9.10. The van der Waals surface area contributed by atoms with Gasteiger partial charge in [-0.15, -0.1) is 0 Å². The lowest BCUT2D eigenvalue weighted by atomic mass is 9.99. The molecule has 154 valence electrons. The van der Waals surface area contributed by atoms with Gasteiger partial charge in [0.15, 0.2) is 0 Å². The topological polar surface area (TPSA) is 24.3 Å². The van der Waals surface area contributed by atoms with Gasteiger partial charge in [-0.2, -0.15) is 0 Å². The molecule has 0 amide bonds. The fourth-order valence-electron chi connectivity index (χ4n) is 4.89. The first kappa shape index (κ1) is 18.7. The Kier molecular flexibility index (Phi) is 4.22. The van der Waals surface area contributed by atoms with E-state index in [0.717, 1.165) is 47.0 Å². The molecule has 0 radical (unpaired) electrons. The van der Waals surface area contributed by atoms with Gasteiger partial charge in [0.2, 0.25) is 0 Å². The van der Waals surface area contributed by atoms with Gasteiger partial charge in [-0.25, -0.2) is 4.98 Å². The number of rotatable bonds is 2. The number of imidazole rings is 1. The average molecular weight is 471 g/mol. The van der Waals surface area contributed by atoms with Crippen molar-refractivity contribution in [2.24, 2.45) is 0 Å². The molecule has 6 rings (SSSR count). The van der Waals surface area contributed by atoms with Gasteiger partial charge in [0, 0.05) is 45.9 Å². The Labute approximate surface area is 190 Å². The maximum absolute atomic E-state index is 4.95. The number of benzene rings is 3. The molecule has 0 saturated heterocycles. The lowest BCUT2D eigenvalue weighted by molar-refractivity contribution is 0.651. The summed E-state index contributed by atoms with van der Waals surface area (Å²) in [4.78, 5) is 9.89. The minimum atomic E-state index is 0.915. The summed E-state index contributed by atoms with van der Waals surface area (Å²) in [7, 11) is 0. The monoisotopic (exact) mass is 470 g/mol. The highest BCUT2D eigenvalue weighted by Gasteiger charge is 2.30. The van der Waals surface area contributed by atoms with E-state index in [0.29, 0.717) is 0 Å². The van der Waals surface area contributed by atoms with E-state index in [1.54, 1.807) is 0 Å². The second-order valence-corrected chi connectivity index (χ2v) is 9.35. The fraction of sp³-hybridized carbons (Fsp3) is 0.192. The summed E-state index contributed by atoms with van der Waals surface area (Å²) in [5.74, 6) is 1.01. The summed E-state index contributed by atoms with van der Waals surface area (Å²) < 4.78 is 3.41. The van der Waals surface area contributed by atoms with E-state index in [1.807, 2.05) is 0 Å². The van der Waals surface area contributed by atoms with Crippen LogP contribution >= 0.6 is 15.9 Å². The Morgan fingerprint density at radius 2 is 1.48 bits per heavy atom. The average Bonchev–Trinajstić information content (AvgIpc) is 3.08. The summed E-state index contributed by atoms with van der Waals surface area (Å²) in [5.41, 5.74) is 9.97. The van der Waals surface area contributed by atoms with Crippen molar-refractivity contribution >= 4 is 27.3 Å². The second-order valence-electron chi connectivity index (χ2n) is 8.43. The Balaban J connectivity index is 1.44. The third kappa shape index (κ3) is 2.99. The number of halogens is 1. The number of hydrogen-bond donors (Lipinski definition) is 0. The van der Waals surface area contributed by atoms with Crippen LogP contribution in [0.2, 0.25) is 0 Å². The van der Waals surface area contributed by atoms with Crippen molar-refractivity contribution in [3.63, 3.8) is 0 Å². The van der Waals surface area contributed by atoms with Crippen LogP contribution in [0.5, 0.6) is 0 Å². The van der Waals surface area contributed by atoms with Crippen LogP contribution in [0.1, 0.15) is 22.5 Å². The van der Waals surface area contributed by atoms with E-state index in [1.165, 1.54) is 28.2 Å². The third-order valence-corrected chi connectivity index (χ3v) is 6.98. The van der Waals surface area contributed by atoms with Crippen LogP contribution in [0.15, 0.2) is 71.2 Å². The molecule has 4 nitrogen and oxygen atoms in total. The maximum atomic E-state index is 4.95. The third-order valence-electron chi connectivity index (χ3n) is 6.48. The molecule has 1 aromatic heterocycles. The van der Waals surface area contributed by atoms with Crippen LogP contribution in [-0.2, 0) is 13.1 Å². The van der Waals surface area contributed by atoms with E-state index < -0.39 is 0 Å². The molecule has 2 aliphatic heterocycles. The van der Waals surface area contributed by atoms with Gasteiger partial charge >= 0.3 is 0 Å². The summed E-state index contributed by atoms with van der Waals surface area (Å²) in [6, 6.07) is 24.0. The number of fused-ring (bicyclic) bond motifs is 6. The van der Waals surface area contributed by atoms with Crippen LogP contribution in [0.3, 0.4) is 0 Å². The van der Waals surface area contributed by atoms with Crippen molar-refractivity contribution in [1.82, 2.24) is 9.55 Å². The lowest BCUT2D eigenvalue weighted by Gasteiger charge is -2.45. The number of hydrogen-bond acceptors (Lipinski definition) is 3. The van der Waals surface area contributed by atoms with Gasteiger partial charge in [0.05, 0.1) is 12.4 Å². The first-order valence-corrected chi connectivity index (χ1v) is 11.4. The predicted molar refractivity (Wildman–Crippen MR) is 130 cm³/mol. The number of para-hydroxylation sites is 1. The van der Waals surface area contributed by atoms with Crippen molar-refractivity contribution in [1.29, 1.82) is 0 Å². The number of aryl methyl sites for hydroxylation is 1. The molecule has 2 aliphatic rings. The molecule has 0 unspecified atom stereocenters. The molecule has 0 spiro atoms. The molecular weight excluding hydrogens is 448 g/mol. The van der Waals surface area contributed by atoms with Crippen molar-refractivity contribution in [3.05, 3.63) is 93.7 Å². The summed E-state index contributed by atoms with van der Waals surface area (Å²) in [6.07, 6.45) is 0. The van der Waals surface area contributed by atoms with Crippen LogP contribution in [0, 0.1) is 13.8 Å². The number of aromatic nitrogens is 2. The lowest BCUT2D eigenvalue weighted by Crippen LogP contribution is -2.46. The molecule has 0 N–H and O–H groups in total. The molecular formula is C26H23BrN4. The zero-order valence-electron chi connectivity index (χ0n) is 17.6. The first-order valence-electron chi connectivity index (χ1n) is 10.6. The van der Waals surface area contributed by atoms with Crippen LogP contribution < -0.4 is 9.80 Å². The van der Waals surface area contributed by atoms with Gasteiger partial charge < -0.3 is 9.80 Å². The molecule has 2 bridgehead atoms. The smallest absolute Gasteiger partial charge is 0.145 e. The van der Waals surface area contributed by atoms with Gasteiger partial charge in [-0.05, 0) is 73.5 Å². The molecule has 5 heteroatoms. The minimum absolute atomic E-state index is 0.915. The number of nitrogens with zero attached hydrogens (tertiary/aromatic N) is 4. The summed E-state index contributed by atoms with van der Waals surface area (Å²) in [6.45, 7) is 7.03. The Morgan fingerprint density at radius 3 is 2.23 bits per heavy atom. The predicted octanol–water partition coefficient (Wildman–Crippen LogP) is 6.22. The molecule has 0 fully saturated rings. The first-order chi connectivity index (χ1) is 15.1. The summed E-state index contributed by atoms with van der Waals surface area (Å²) in [5, 5.41) is 0. The van der Waals surface area contributed by atoms with E-state index >= 15 is 0 Å². The molecule has 31 heavy (non-hydrogen) atoms. The molecule has 0 saturated carbocycles. The molecule has 4 aromatic rings. The highest BCUT2D eigenvalue weighted by atomic mass is 79.9. The Bertz CT molecular complexity index is 1310. The van der Waals surface area contributed by atoms with Crippen LogP contribution in [0.25, 0.3) is 17.1 Å². The van der Waals surface area contributed by atoms with Gasteiger partial charge in [-0.1, -0.05) is 34.1 Å². The maximum Gasteiger partial charge on any atom is 0.145 e. The van der Waals surface area contributed by atoms with Crippen molar-refractivity contribution in [2.45, 2.75) is 26.9 Å². The zero-order chi connectivity index (χ0) is 21.1. The van der Waals surface area contributed by atoms with E-state index in [2.05, 4.69) is 111 Å². The van der Waals surface area contributed by atoms with Crippen molar-refractivity contribution < 1.29 is 0 Å². The van der Waals surface area contributed by atoms with Gasteiger partial charge in [0.1, 0.15) is 5.82 Å². The van der Waals surface area contributed by atoms with Gasteiger partial charge in [0.25, 0.3) is 0 Å². The van der Waals surface area contributed by atoms with Crippen molar-refractivity contribution in [2.75, 3.05) is 16.5 Å². The van der Waals surface area contributed by atoms with Crippen LogP contribution in [-0.4, -0.2) is 16.2 Å². The Hall–Kier alpha value is -3.05. The highest BCUT2D eigenvalue weighted by Crippen LogP contribution is 2.40. The largest absolute Gasteiger partial charge is 0.349 e. The molecule has 3 aromatic carbocycles. The minimum Gasteiger partial charge on any atom is -0.349 e. The fourth-order valence-corrected chi connectivity index (χ4v) is 5.29.